The molecule has 282 valence electrons. The van der Waals surface area contributed by atoms with Crippen molar-refractivity contribution in [3.63, 3.8) is 0 Å². The lowest BCUT2D eigenvalue weighted by molar-refractivity contribution is 0.660. The average Bonchev–Trinajstić information content (AvgIpc) is 3.75. The van der Waals surface area contributed by atoms with Gasteiger partial charge in [0.05, 0.1) is 0 Å². The van der Waals surface area contributed by atoms with Crippen LogP contribution < -0.4 is 0 Å². The normalized spacial score (nSPS) is 15.7. The Labute approximate surface area is 347 Å². The molecule has 3 aliphatic carbocycles. The van der Waals surface area contributed by atoms with Crippen LogP contribution in [0.15, 0.2) is 170 Å². The first-order valence-electron chi connectivity index (χ1n) is 21.3. The molecule has 0 aromatic heterocycles. The molecule has 0 saturated carbocycles. The summed E-state index contributed by atoms with van der Waals surface area (Å²) in [4.78, 5) is 0. The van der Waals surface area contributed by atoms with Crippen LogP contribution in [0.25, 0.3) is 88.3 Å². The molecule has 0 unspecified atom stereocenters. The first kappa shape index (κ1) is 34.5. The van der Waals surface area contributed by atoms with Crippen molar-refractivity contribution in [2.24, 2.45) is 0 Å². The monoisotopic (exact) mass is 754 g/mol. The third-order valence-electron chi connectivity index (χ3n) is 14.7. The molecule has 0 spiro atoms. The minimum atomic E-state index is -0.149. The lowest BCUT2D eigenvalue weighted by Gasteiger charge is -2.27. The molecule has 0 nitrogen and oxygen atoms in total. The zero-order valence-electron chi connectivity index (χ0n) is 34.7. The Kier molecular flexibility index (Phi) is 6.91. The van der Waals surface area contributed by atoms with Gasteiger partial charge in [-0.25, -0.2) is 0 Å². The topological polar surface area (TPSA) is 0 Å². The van der Waals surface area contributed by atoms with Gasteiger partial charge in [0, 0.05) is 16.2 Å². The molecule has 0 heterocycles. The summed E-state index contributed by atoms with van der Waals surface area (Å²) in [6.45, 7) is 14.3. The SMILES string of the molecule is CC1(C)c2ccccc2-c2cc(-c3c4ccccc4c(-c4cccc5c4C(C)(C)c4ccccc4-5)c4ccc(-c5ccc6c(c5)C(C)(C)c5ccccc5-6)cc34)ccc21. The van der Waals surface area contributed by atoms with Crippen LogP contribution >= 0.6 is 0 Å². The summed E-state index contributed by atoms with van der Waals surface area (Å²) in [5.74, 6) is 0. The number of fused-ring (bicyclic) bond motifs is 11. The van der Waals surface area contributed by atoms with E-state index in [2.05, 4.69) is 211 Å². The van der Waals surface area contributed by atoms with E-state index in [9.17, 15) is 0 Å². The van der Waals surface area contributed by atoms with Crippen molar-refractivity contribution < 1.29 is 0 Å². The summed E-state index contributed by atoms with van der Waals surface area (Å²) in [6.07, 6.45) is 0. The minimum Gasteiger partial charge on any atom is -0.0619 e. The predicted octanol–water partition coefficient (Wildman–Crippen LogP) is 15.9. The third-order valence-corrected chi connectivity index (χ3v) is 14.7. The van der Waals surface area contributed by atoms with Gasteiger partial charge in [-0.3, -0.25) is 0 Å². The molecule has 9 aromatic carbocycles. The fraction of sp³-hybridized carbons (Fsp3) is 0.153. The van der Waals surface area contributed by atoms with E-state index in [0.717, 1.165) is 0 Å². The zero-order valence-corrected chi connectivity index (χ0v) is 34.7. The van der Waals surface area contributed by atoms with Gasteiger partial charge in [0.2, 0.25) is 0 Å². The first-order valence-corrected chi connectivity index (χ1v) is 21.3. The van der Waals surface area contributed by atoms with E-state index < -0.39 is 0 Å². The second-order valence-electron chi connectivity index (χ2n) is 18.8. The van der Waals surface area contributed by atoms with Crippen molar-refractivity contribution in [3.05, 3.63) is 203 Å². The molecule has 3 aliphatic rings. The van der Waals surface area contributed by atoms with Gasteiger partial charge in [0.25, 0.3) is 0 Å². The van der Waals surface area contributed by atoms with Crippen LogP contribution in [-0.2, 0) is 16.2 Å². The van der Waals surface area contributed by atoms with Crippen LogP contribution in [0.5, 0.6) is 0 Å². The third kappa shape index (κ3) is 4.55. The van der Waals surface area contributed by atoms with Gasteiger partial charge in [-0.1, -0.05) is 193 Å². The van der Waals surface area contributed by atoms with Crippen molar-refractivity contribution >= 4 is 21.5 Å². The standard InChI is InChI=1S/C59H46/c1-57(2)50-24-13-11-18-40(50)47-33-37(28-31-52(47)57)54-42-19-7-8-20-43(42)55(46-22-15-21-45-39-17-10-14-25-51(39)59(5,6)56(45)46)44-30-27-35(32-48(44)54)36-26-29-41-38-16-9-12-23-49(38)58(3,4)53(41)34-36/h7-34H,1-6H3. The molecule has 0 atom stereocenters. The van der Waals surface area contributed by atoms with E-state index in [1.807, 2.05) is 0 Å². The predicted molar refractivity (Wildman–Crippen MR) is 250 cm³/mol. The second kappa shape index (κ2) is 11.8. The largest absolute Gasteiger partial charge is 0.0619 e. The number of rotatable bonds is 3. The minimum absolute atomic E-state index is 0.0509. The molecule has 9 aromatic rings. The van der Waals surface area contributed by atoms with Gasteiger partial charge in [-0.2, -0.15) is 0 Å². The van der Waals surface area contributed by atoms with E-state index in [4.69, 9.17) is 0 Å². The van der Waals surface area contributed by atoms with Crippen molar-refractivity contribution in [2.45, 2.75) is 57.8 Å². The molecule has 0 bridgehead atoms. The van der Waals surface area contributed by atoms with Crippen LogP contribution in [0, 0.1) is 0 Å². The highest BCUT2D eigenvalue weighted by Crippen LogP contribution is 2.56. The summed E-state index contributed by atoms with van der Waals surface area (Å²) < 4.78 is 0. The van der Waals surface area contributed by atoms with Crippen LogP contribution in [0.1, 0.15) is 74.9 Å². The molecule has 0 N–H and O–H groups in total. The maximum absolute atomic E-state index is 2.51. The summed E-state index contributed by atoms with van der Waals surface area (Å²) in [5, 5.41) is 5.16. The molecule has 0 radical (unpaired) electrons. The molecule has 0 aliphatic heterocycles. The van der Waals surface area contributed by atoms with E-state index in [1.165, 1.54) is 122 Å². The van der Waals surface area contributed by atoms with Crippen LogP contribution in [0.3, 0.4) is 0 Å². The van der Waals surface area contributed by atoms with Crippen molar-refractivity contribution in [1.29, 1.82) is 0 Å². The van der Waals surface area contributed by atoms with E-state index >= 15 is 0 Å². The van der Waals surface area contributed by atoms with E-state index in [0.29, 0.717) is 0 Å². The van der Waals surface area contributed by atoms with Crippen molar-refractivity contribution in [2.75, 3.05) is 0 Å². The zero-order chi connectivity index (χ0) is 40.0. The Morgan fingerprint density at radius 2 is 0.712 bits per heavy atom. The summed E-state index contributed by atoms with van der Waals surface area (Å²) in [5.41, 5.74) is 24.0. The maximum Gasteiger partial charge on any atom is 0.0165 e. The van der Waals surface area contributed by atoms with Crippen LogP contribution in [-0.4, -0.2) is 0 Å². The molecular formula is C59H46. The Bertz CT molecular complexity index is 3290. The summed E-state index contributed by atoms with van der Waals surface area (Å²) in [6, 6.07) is 64.9. The fourth-order valence-electron chi connectivity index (χ4n) is 11.8. The van der Waals surface area contributed by atoms with Crippen LogP contribution in [0.4, 0.5) is 0 Å². The lowest BCUT2D eigenvalue weighted by atomic mass is 9.76. The average molecular weight is 755 g/mol. The Morgan fingerprint density at radius 3 is 1.42 bits per heavy atom. The lowest BCUT2D eigenvalue weighted by Crippen LogP contribution is -2.16. The van der Waals surface area contributed by atoms with Gasteiger partial charge < -0.3 is 0 Å². The first-order chi connectivity index (χ1) is 28.5. The van der Waals surface area contributed by atoms with Crippen molar-refractivity contribution in [1.82, 2.24) is 0 Å². The Balaban J connectivity index is 1.16. The molecule has 12 rings (SSSR count). The highest BCUT2D eigenvalue weighted by molar-refractivity contribution is 6.23. The summed E-state index contributed by atoms with van der Waals surface area (Å²) in [7, 11) is 0. The van der Waals surface area contributed by atoms with E-state index in [1.54, 1.807) is 0 Å². The second-order valence-corrected chi connectivity index (χ2v) is 18.8. The van der Waals surface area contributed by atoms with Gasteiger partial charge in [0.1, 0.15) is 0 Å². The smallest absolute Gasteiger partial charge is 0.0165 e. The number of hydrogen-bond donors (Lipinski definition) is 0. The van der Waals surface area contributed by atoms with E-state index in [-0.39, 0.29) is 16.2 Å². The molecular weight excluding hydrogens is 709 g/mol. The molecule has 0 heteroatoms. The Morgan fingerprint density at radius 1 is 0.254 bits per heavy atom. The molecule has 0 amide bonds. The molecule has 59 heavy (non-hydrogen) atoms. The van der Waals surface area contributed by atoms with Gasteiger partial charge in [-0.15, -0.1) is 0 Å². The van der Waals surface area contributed by atoms with Crippen molar-refractivity contribution in [3.8, 4) is 66.8 Å². The van der Waals surface area contributed by atoms with Gasteiger partial charge in [0.15, 0.2) is 0 Å². The highest BCUT2D eigenvalue weighted by atomic mass is 14.4. The fourth-order valence-corrected chi connectivity index (χ4v) is 11.8. The van der Waals surface area contributed by atoms with Gasteiger partial charge >= 0.3 is 0 Å². The number of benzene rings is 9. The molecule has 0 fully saturated rings. The summed E-state index contributed by atoms with van der Waals surface area (Å²) >= 11 is 0. The quantitative estimate of drug-likeness (QED) is 0.158. The van der Waals surface area contributed by atoms with Gasteiger partial charge in [-0.05, 0) is 140 Å². The Hall–Kier alpha value is -6.50. The number of hydrogen-bond acceptors (Lipinski definition) is 0. The maximum atomic E-state index is 2.51. The highest BCUT2D eigenvalue weighted by Gasteiger charge is 2.39. The van der Waals surface area contributed by atoms with Crippen LogP contribution in [0.2, 0.25) is 0 Å². The molecule has 0 saturated heterocycles.